The molecule has 28 heavy (non-hydrogen) atoms. The molecule has 4 rings (SSSR count). The molecule has 2 heterocycles. The number of nitrogens with one attached hydrogen (secondary N) is 1. The zero-order valence-electron chi connectivity index (χ0n) is 15.7. The Morgan fingerprint density at radius 2 is 1.79 bits per heavy atom. The second-order valence-corrected chi connectivity index (χ2v) is 7.58. The smallest absolute Gasteiger partial charge is 0.336 e. The van der Waals surface area contributed by atoms with Gasteiger partial charge >= 0.3 is 5.63 Å². The Bertz CT molecular complexity index is 1000. The van der Waals surface area contributed by atoms with Crippen molar-refractivity contribution < 1.29 is 18.8 Å². The van der Waals surface area contributed by atoms with E-state index < -0.39 is 5.63 Å². The maximum absolute atomic E-state index is 12.5. The summed E-state index contributed by atoms with van der Waals surface area (Å²) in [6, 6.07) is 6.53. The number of rotatable bonds is 4. The fourth-order valence-electron chi connectivity index (χ4n) is 4.29. The Morgan fingerprint density at radius 1 is 1.11 bits per heavy atom. The third kappa shape index (κ3) is 3.32. The summed E-state index contributed by atoms with van der Waals surface area (Å²) in [6.45, 7) is 1.91. The molecule has 1 N–H and O–H groups in total. The van der Waals surface area contributed by atoms with Gasteiger partial charge in [-0.15, -0.1) is 0 Å². The fraction of sp³-hybridized carbons (Fsp3) is 0.429. The number of hydrogen-bond donors (Lipinski definition) is 1. The van der Waals surface area contributed by atoms with Crippen molar-refractivity contribution >= 4 is 34.4 Å². The van der Waals surface area contributed by atoms with Gasteiger partial charge in [0.15, 0.2) is 0 Å². The standard InChI is InChI=1S/C21H22N2O5/c1-12-10-19(25)28-17-11-13(6-7-14(12)17)22-18(24)8-9-23-20(26)15-4-2-3-5-16(15)21(23)27/h6-7,10-11,15-16H,2-5,8-9H2,1H3,(H,22,24)/t15-,16-/m1/s1. The van der Waals surface area contributed by atoms with Crippen molar-refractivity contribution in [3.8, 4) is 0 Å². The lowest BCUT2D eigenvalue weighted by Gasteiger charge is -2.19. The molecule has 2 aromatic rings. The first-order valence-corrected chi connectivity index (χ1v) is 9.63. The normalized spacial score (nSPS) is 21.8. The topological polar surface area (TPSA) is 96.7 Å². The van der Waals surface area contributed by atoms with E-state index in [4.69, 9.17) is 4.42 Å². The summed E-state index contributed by atoms with van der Waals surface area (Å²) >= 11 is 0. The molecular weight excluding hydrogens is 360 g/mol. The van der Waals surface area contributed by atoms with E-state index >= 15 is 0 Å². The van der Waals surface area contributed by atoms with E-state index in [2.05, 4.69) is 5.32 Å². The summed E-state index contributed by atoms with van der Waals surface area (Å²) in [6.07, 6.45) is 3.52. The number of fused-ring (bicyclic) bond motifs is 2. The molecule has 0 unspecified atom stereocenters. The maximum Gasteiger partial charge on any atom is 0.336 e. The second kappa shape index (κ2) is 7.22. The largest absolute Gasteiger partial charge is 0.423 e. The van der Waals surface area contributed by atoms with Crippen molar-refractivity contribution in [3.63, 3.8) is 0 Å². The SMILES string of the molecule is Cc1cc(=O)oc2cc(NC(=O)CCN3C(=O)[C@@H]4CCCC[C@H]4C3=O)ccc12. The minimum absolute atomic E-state index is 0.0344. The van der Waals surface area contributed by atoms with Gasteiger partial charge in [0.25, 0.3) is 0 Å². The number of imide groups is 1. The number of amides is 3. The molecule has 146 valence electrons. The van der Waals surface area contributed by atoms with E-state index in [0.29, 0.717) is 11.3 Å². The highest BCUT2D eigenvalue weighted by Crippen LogP contribution is 2.38. The third-order valence-electron chi connectivity index (χ3n) is 5.73. The molecule has 2 aliphatic rings. The molecule has 1 aromatic carbocycles. The van der Waals surface area contributed by atoms with Gasteiger partial charge in [-0.3, -0.25) is 19.3 Å². The Morgan fingerprint density at radius 3 is 2.46 bits per heavy atom. The molecule has 1 aliphatic heterocycles. The van der Waals surface area contributed by atoms with Crippen molar-refractivity contribution in [1.82, 2.24) is 4.90 Å². The zero-order valence-corrected chi connectivity index (χ0v) is 15.7. The third-order valence-corrected chi connectivity index (χ3v) is 5.73. The highest BCUT2D eigenvalue weighted by Gasteiger charge is 2.47. The van der Waals surface area contributed by atoms with Gasteiger partial charge < -0.3 is 9.73 Å². The number of likely N-dealkylation sites (tertiary alicyclic amines) is 1. The fourth-order valence-corrected chi connectivity index (χ4v) is 4.29. The summed E-state index contributed by atoms with van der Waals surface area (Å²) in [5, 5.41) is 3.54. The van der Waals surface area contributed by atoms with Crippen molar-refractivity contribution in [2.45, 2.75) is 39.0 Å². The van der Waals surface area contributed by atoms with Gasteiger partial charge in [-0.2, -0.15) is 0 Å². The van der Waals surface area contributed by atoms with Crippen LogP contribution < -0.4 is 10.9 Å². The van der Waals surface area contributed by atoms with Crippen LogP contribution in [0.1, 0.15) is 37.7 Å². The van der Waals surface area contributed by atoms with Gasteiger partial charge in [-0.25, -0.2) is 4.79 Å². The Labute approximate surface area is 161 Å². The molecule has 7 heteroatoms. The Kier molecular flexibility index (Phi) is 4.75. The maximum atomic E-state index is 12.5. The first-order valence-electron chi connectivity index (χ1n) is 9.63. The number of carbonyl (C=O) groups is 3. The van der Waals surface area contributed by atoms with E-state index in [1.165, 1.54) is 11.0 Å². The van der Waals surface area contributed by atoms with E-state index in [0.717, 1.165) is 36.6 Å². The number of nitrogens with zero attached hydrogens (tertiary/aromatic N) is 1. The number of hydrogen-bond acceptors (Lipinski definition) is 5. The van der Waals surface area contributed by atoms with Crippen molar-refractivity contribution in [2.24, 2.45) is 11.8 Å². The highest BCUT2D eigenvalue weighted by atomic mass is 16.4. The molecule has 1 saturated carbocycles. The first-order chi connectivity index (χ1) is 13.4. The summed E-state index contributed by atoms with van der Waals surface area (Å²) in [4.78, 5) is 50.0. The van der Waals surface area contributed by atoms with Crippen LogP contribution in [0.15, 0.2) is 33.5 Å². The predicted octanol–water partition coefficient (Wildman–Crippen LogP) is 2.61. The van der Waals surface area contributed by atoms with Crippen LogP contribution in [0.2, 0.25) is 0 Å². The molecule has 1 aromatic heterocycles. The lowest BCUT2D eigenvalue weighted by atomic mass is 9.81. The van der Waals surface area contributed by atoms with Gasteiger partial charge in [0.05, 0.1) is 11.8 Å². The Hall–Kier alpha value is -2.96. The number of anilines is 1. The summed E-state index contributed by atoms with van der Waals surface area (Å²) in [7, 11) is 0. The van der Waals surface area contributed by atoms with Crippen LogP contribution in [-0.2, 0) is 14.4 Å². The van der Waals surface area contributed by atoms with Crippen molar-refractivity contribution in [2.75, 3.05) is 11.9 Å². The molecule has 0 bridgehead atoms. The van der Waals surface area contributed by atoms with Gasteiger partial charge in [0.2, 0.25) is 17.7 Å². The van der Waals surface area contributed by atoms with Crippen LogP contribution in [0.4, 0.5) is 5.69 Å². The molecule has 2 atom stereocenters. The molecule has 3 amide bonds. The van der Waals surface area contributed by atoms with Gasteiger partial charge in [0, 0.05) is 36.2 Å². The average molecular weight is 382 g/mol. The quantitative estimate of drug-likeness (QED) is 0.648. The van der Waals surface area contributed by atoms with Crippen LogP contribution in [0.5, 0.6) is 0 Å². The summed E-state index contributed by atoms with van der Waals surface area (Å²) in [5.41, 5.74) is 1.26. The van der Waals surface area contributed by atoms with E-state index in [1.807, 2.05) is 6.92 Å². The number of aryl methyl sites for hydroxylation is 1. The van der Waals surface area contributed by atoms with E-state index in [1.54, 1.807) is 18.2 Å². The molecule has 0 radical (unpaired) electrons. The summed E-state index contributed by atoms with van der Waals surface area (Å²) < 4.78 is 5.18. The van der Waals surface area contributed by atoms with Crippen LogP contribution in [0.25, 0.3) is 11.0 Å². The van der Waals surface area contributed by atoms with Crippen LogP contribution in [-0.4, -0.2) is 29.2 Å². The predicted molar refractivity (Wildman–Crippen MR) is 103 cm³/mol. The molecule has 1 saturated heterocycles. The summed E-state index contributed by atoms with van der Waals surface area (Å²) in [5.74, 6) is -0.965. The van der Waals surface area contributed by atoms with E-state index in [-0.39, 0.29) is 42.5 Å². The minimum Gasteiger partial charge on any atom is -0.423 e. The van der Waals surface area contributed by atoms with Crippen molar-refractivity contribution in [3.05, 3.63) is 40.2 Å². The molecule has 7 nitrogen and oxygen atoms in total. The van der Waals surface area contributed by atoms with E-state index in [9.17, 15) is 19.2 Å². The van der Waals surface area contributed by atoms with Crippen molar-refractivity contribution in [1.29, 1.82) is 0 Å². The first kappa shape index (κ1) is 18.4. The molecular formula is C21H22N2O5. The van der Waals surface area contributed by atoms with Crippen LogP contribution in [0, 0.1) is 18.8 Å². The monoisotopic (exact) mass is 382 g/mol. The lowest BCUT2D eigenvalue weighted by Crippen LogP contribution is -2.34. The van der Waals surface area contributed by atoms with Gasteiger partial charge in [-0.1, -0.05) is 12.8 Å². The van der Waals surface area contributed by atoms with Crippen LogP contribution >= 0.6 is 0 Å². The average Bonchev–Trinajstić information content (AvgIpc) is 2.90. The second-order valence-electron chi connectivity index (χ2n) is 7.58. The minimum atomic E-state index is -0.444. The number of carbonyl (C=O) groups excluding carboxylic acids is 3. The highest BCUT2D eigenvalue weighted by molar-refractivity contribution is 6.05. The molecule has 2 fully saturated rings. The van der Waals surface area contributed by atoms with Crippen LogP contribution in [0.3, 0.4) is 0 Å². The Balaban J connectivity index is 1.41. The molecule has 0 spiro atoms. The zero-order chi connectivity index (χ0) is 19.8. The molecule has 1 aliphatic carbocycles. The number of benzene rings is 1. The lowest BCUT2D eigenvalue weighted by molar-refractivity contribution is -0.140. The van der Waals surface area contributed by atoms with Gasteiger partial charge in [0.1, 0.15) is 5.58 Å². The van der Waals surface area contributed by atoms with Gasteiger partial charge in [-0.05, 0) is 37.5 Å².